The van der Waals surface area contributed by atoms with Crippen molar-refractivity contribution in [2.75, 3.05) is 7.11 Å². The molecule has 1 aromatic carbocycles. The smallest absolute Gasteiger partial charge is 0.331 e. The second-order valence-electron chi connectivity index (χ2n) is 6.25. The van der Waals surface area contributed by atoms with Gasteiger partial charge in [0.1, 0.15) is 5.54 Å². The molecule has 26 heavy (non-hydrogen) atoms. The average Bonchev–Trinajstić information content (AvgIpc) is 3.09. The molecule has 0 spiro atoms. The Morgan fingerprint density at radius 3 is 2.62 bits per heavy atom. The third kappa shape index (κ3) is 5.08. The third-order valence-corrected chi connectivity index (χ3v) is 4.30. The number of amides is 1. The van der Waals surface area contributed by atoms with E-state index in [1.165, 1.54) is 7.11 Å². The maximum atomic E-state index is 12.2. The zero-order valence-electron chi connectivity index (χ0n) is 15.2. The molecule has 1 heterocycles. The van der Waals surface area contributed by atoms with Gasteiger partial charge in [0.2, 0.25) is 5.91 Å². The number of benzene rings is 1. The Morgan fingerprint density at radius 2 is 2.00 bits per heavy atom. The van der Waals surface area contributed by atoms with E-state index in [1.807, 2.05) is 19.1 Å². The number of aryl methyl sites for hydroxylation is 1. The van der Waals surface area contributed by atoms with Crippen molar-refractivity contribution in [2.45, 2.75) is 45.1 Å². The standard InChI is InChI=1S/C19H23ClN2O4/c1-4-11-19(2,18(24)25-3)22-16(23)9-10-17-21-12-15(26-17)13-5-7-14(20)8-6-13/h5-8,12H,4,9-11H2,1-3H3,(H,22,23)/t19-/m0/s1. The Morgan fingerprint density at radius 1 is 1.31 bits per heavy atom. The summed E-state index contributed by atoms with van der Waals surface area (Å²) in [5.74, 6) is 0.370. The van der Waals surface area contributed by atoms with Crippen LogP contribution in [0.15, 0.2) is 34.9 Å². The van der Waals surface area contributed by atoms with Crippen molar-refractivity contribution in [1.29, 1.82) is 0 Å². The zero-order valence-corrected chi connectivity index (χ0v) is 15.9. The number of ether oxygens (including phenoxy) is 1. The van der Waals surface area contributed by atoms with Gasteiger partial charge in [0.15, 0.2) is 11.7 Å². The van der Waals surface area contributed by atoms with Crippen LogP contribution in [-0.4, -0.2) is 29.5 Å². The number of carbonyl (C=O) groups is 2. The Hall–Kier alpha value is -2.34. The molecule has 2 aromatic rings. The van der Waals surface area contributed by atoms with Crippen molar-refractivity contribution in [3.8, 4) is 11.3 Å². The van der Waals surface area contributed by atoms with E-state index >= 15 is 0 Å². The van der Waals surface area contributed by atoms with Gasteiger partial charge in [-0.3, -0.25) is 4.79 Å². The lowest BCUT2D eigenvalue weighted by Crippen LogP contribution is -2.52. The first-order valence-corrected chi connectivity index (χ1v) is 8.86. The molecular formula is C19H23ClN2O4. The first kappa shape index (κ1) is 20.0. The van der Waals surface area contributed by atoms with Crippen LogP contribution < -0.4 is 5.32 Å². The van der Waals surface area contributed by atoms with Crippen LogP contribution in [0.25, 0.3) is 11.3 Å². The number of esters is 1. The van der Waals surface area contributed by atoms with Crippen LogP contribution in [0.1, 0.15) is 39.0 Å². The lowest BCUT2D eigenvalue weighted by Gasteiger charge is -2.27. The molecule has 0 aliphatic rings. The first-order valence-electron chi connectivity index (χ1n) is 8.48. The fourth-order valence-corrected chi connectivity index (χ4v) is 2.83. The molecule has 0 saturated carbocycles. The zero-order chi connectivity index (χ0) is 19.2. The van der Waals surface area contributed by atoms with E-state index in [0.717, 1.165) is 12.0 Å². The Labute approximate surface area is 157 Å². The molecule has 0 aliphatic carbocycles. The lowest BCUT2D eigenvalue weighted by atomic mass is 9.96. The Balaban J connectivity index is 1.95. The van der Waals surface area contributed by atoms with Gasteiger partial charge in [0.25, 0.3) is 0 Å². The molecule has 1 amide bonds. The number of nitrogens with one attached hydrogen (secondary N) is 1. The molecule has 1 N–H and O–H groups in total. The molecule has 1 aromatic heterocycles. The SMILES string of the molecule is CCC[C@](C)(NC(=O)CCc1ncc(-c2ccc(Cl)cc2)o1)C(=O)OC. The lowest BCUT2D eigenvalue weighted by molar-refractivity contribution is -0.150. The molecule has 0 saturated heterocycles. The number of aromatic nitrogens is 1. The van der Waals surface area contributed by atoms with Gasteiger partial charge in [0.05, 0.1) is 13.3 Å². The minimum Gasteiger partial charge on any atom is -0.467 e. The maximum Gasteiger partial charge on any atom is 0.331 e. The summed E-state index contributed by atoms with van der Waals surface area (Å²) in [5, 5.41) is 3.41. The average molecular weight is 379 g/mol. The van der Waals surface area contributed by atoms with Crippen LogP contribution in [-0.2, 0) is 20.7 Å². The first-order chi connectivity index (χ1) is 12.4. The van der Waals surface area contributed by atoms with Crippen molar-refractivity contribution in [1.82, 2.24) is 10.3 Å². The van der Waals surface area contributed by atoms with Crippen LogP contribution in [0.3, 0.4) is 0 Å². The summed E-state index contributed by atoms with van der Waals surface area (Å²) in [6.45, 7) is 3.61. The van der Waals surface area contributed by atoms with Gasteiger partial charge in [-0.2, -0.15) is 0 Å². The van der Waals surface area contributed by atoms with Crippen molar-refractivity contribution in [3.63, 3.8) is 0 Å². The summed E-state index contributed by atoms with van der Waals surface area (Å²) in [7, 11) is 1.31. The Bertz CT molecular complexity index is 757. The number of halogens is 1. The molecule has 7 heteroatoms. The fourth-order valence-electron chi connectivity index (χ4n) is 2.70. The van der Waals surface area contributed by atoms with E-state index in [4.69, 9.17) is 20.8 Å². The van der Waals surface area contributed by atoms with E-state index < -0.39 is 11.5 Å². The minimum atomic E-state index is -1.02. The van der Waals surface area contributed by atoms with Gasteiger partial charge in [-0.15, -0.1) is 0 Å². The van der Waals surface area contributed by atoms with E-state index in [-0.39, 0.29) is 12.3 Å². The van der Waals surface area contributed by atoms with Gasteiger partial charge < -0.3 is 14.5 Å². The predicted octanol–water partition coefficient (Wildman–Crippen LogP) is 3.78. The van der Waals surface area contributed by atoms with Gasteiger partial charge >= 0.3 is 5.97 Å². The second-order valence-corrected chi connectivity index (χ2v) is 6.68. The van der Waals surface area contributed by atoms with E-state index in [0.29, 0.717) is 29.5 Å². The van der Waals surface area contributed by atoms with Gasteiger partial charge in [0, 0.05) is 23.4 Å². The Kier molecular flexibility index (Phi) is 6.80. The van der Waals surface area contributed by atoms with Crippen LogP contribution in [0.4, 0.5) is 0 Å². The highest BCUT2D eigenvalue weighted by Gasteiger charge is 2.34. The third-order valence-electron chi connectivity index (χ3n) is 4.05. The highest BCUT2D eigenvalue weighted by Crippen LogP contribution is 2.23. The van der Waals surface area contributed by atoms with Gasteiger partial charge in [-0.1, -0.05) is 24.9 Å². The number of nitrogens with zero attached hydrogens (tertiary/aromatic N) is 1. The van der Waals surface area contributed by atoms with Crippen LogP contribution >= 0.6 is 11.6 Å². The number of methoxy groups -OCH3 is 1. The van der Waals surface area contributed by atoms with E-state index in [9.17, 15) is 9.59 Å². The largest absolute Gasteiger partial charge is 0.467 e. The molecule has 0 aliphatic heterocycles. The highest BCUT2D eigenvalue weighted by atomic mass is 35.5. The number of oxazole rings is 1. The van der Waals surface area contributed by atoms with Crippen molar-refractivity contribution >= 4 is 23.5 Å². The summed E-state index contributed by atoms with van der Waals surface area (Å²) in [4.78, 5) is 28.4. The van der Waals surface area contributed by atoms with E-state index in [2.05, 4.69) is 10.3 Å². The van der Waals surface area contributed by atoms with Crippen LogP contribution in [0, 0.1) is 0 Å². The van der Waals surface area contributed by atoms with Gasteiger partial charge in [-0.25, -0.2) is 9.78 Å². The van der Waals surface area contributed by atoms with E-state index in [1.54, 1.807) is 25.3 Å². The monoisotopic (exact) mass is 378 g/mol. The number of rotatable bonds is 8. The number of hydrogen-bond donors (Lipinski definition) is 1. The summed E-state index contributed by atoms with van der Waals surface area (Å²) in [5.41, 5.74) is -0.162. The summed E-state index contributed by atoms with van der Waals surface area (Å²) in [6, 6.07) is 7.22. The molecule has 140 valence electrons. The van der Waals surface area contributed by atoms with Crippen LogP contribution in [0.2, 0.25) is 5.02 Å². The minimum absolute atomic E-state index is 0.164. The topological polar surface area (TPSA) is 81.4 Å². The quantitative estimate of drug-likeness (QED) is 0.707. The number of hydrogen-bond acceptors (Lipinski definition) is 5. The molecule has 0 fully saturated rings. The molecular weight excluding hydrogens is 356 g/mol. The maximum absolute atomic E-state index is 12.2. The molecule has 0 radical (unpaired) electrons. The molecule has 6 nitrogen and oxygen atoms in total. The fraction of sp³-hybridized carbons (Fsp3) is 0.421. The molecule has 1 atom stereocenters. The number of carbonyl (C=O) groups excluding carboxylic acids is 2. The highest BCUT2D eigenvalue weighted by molar-refractivity contribution is 6.30. The summed E-state index contributed by atoms with van der Waals surface area (Å²) in [6.07, 6.45) is 3.37. The van der Waals surface area contributed by atoms with Crippen molar-refractivity contribution in [3.05, 3.63) is 41.4 Å². The normalized spacial score (nSPS) is 13.1. The second kappa shape index (κ2) is 8.85. The molecule has 0 bridgehead atoms. The molecule has 2 rings (SSSR count). The summed E-state index contributed by atoms with van der Waals surface area (Å²) < 4.78 is 10.5. The predicted molar refractivity (Wildman–Crippen MR) is 98.7 cm³/mol. The van der Waals surface area contributed by atoms with Gasteiger partial charge in [-0.05, 0) is 37.6 Å². The molecule has 0 unspecified atom stereocenters. The van der Waals surface area contributed by atoms with Crippen molar-refractivity contribution < 1.29 is 18.7 Å². The van der Waals surface area contributed by atoms with Crippen LogP contribution in [0.5, 0.6) is 0 Å². The summed E-state index contributed by atoms with van der Waals surface area (Å²) >= 11 is 5.87. The van der Waals surface area contributed by atoms with Crippen molar-refractivity contribution in [2.24, 2.45) is 0 Å².